The normalized spacial score (nSPS) is 17.8. The average molecular weight is 308 g/mol. The van der Waals surface area contributed by atoms with Gasteiger partial charge in [-0.25, -0.2) is 4.68 Å². The lowest BCUT2D eigenvalue weighted by Crippen LogP contribution is -2.41. The minimum Gasteiger partial charge on any atom is -0.481 e. The molecule has 0 atom stereocenters. The lowest BCUT2D eigenvalue weighted by atomic mass is 9.80. The highest BCUT2D eigenvalue weighted by Gasteiger charge is 2.41. The molecule has 7 nitrogen and oxygen atoms in total. The van der Waals surface area contributed by atoms with E-state index in [1.807, 2.05) is 18.4 Å². The Bertz CT molecular complexity index is 645. The summed E-state index contributed by atoms with van der Waals surface area (Å²) in [5, 5.41) is 23.4. The second kappa shape index (κ2) is 5.53. The van der Waals surface area contributed by atoms with Crippen molar-refractivity contribution in [2.75, 3.05) is 13.2 Å². The molecular formula is C13H16N4O3S. The molecule has 8 heteroatoms. The van der Waals surface area contributed by atoms with Gasteiger partial charge in [0.15, 0.2) is 5.82 Å². The zero-order valence-electron chi connectivity index (χ0n) is 11.7. The van der Waals surface area contributed by atoms with Crippen molar-refractivity contribution in [1.29, 1.82) is 0 Å². The van der Waals surface area contributed by atoms with Crippen LogP contribution in [0.25, 0.3) is 10.7 Å². The summed E-state index contributed by atoms with van der Waals surface area (Å²) in [4.78, 5) is 12.7. The molecule has 1 fully saturated rings. The fourth-order valence-corrected chi connectivity index (χ4v) is 3.48. The van der Waals surface area contributed by atoms with Crippen LogP contribution in [0, 0.1) is 12.3 Å². The van der Waals surface area contributed by atoms with Crippen LogP contribution in [0.1, 0.15) is 18.4 Å². The van der Waals surface area contributed by atoms with Crippen molar-refractivity contribution < 1.29 is 14.6 Å². The first-order valence-corrected chi connectivity index (χ1v) is 7.62. The lowest BCUT2D eigenvalue weighted by Gasteiger charge is -2.32. The Kier molecular flexibility index (Phi) is 3.73. The molecule has 2 aromatic rings. The van der Waals surface area contributed by atoms with E-state index in [0.717, 1.165) is 10.4 Å². The number of aryl methyl sites for hydroxylation is 1. The summed E-state index contributed by atoms with van der Waals surface area (Å²) in [6.07, 6.45) is 0.954. The van der Waals surface area contributed by atoms with Crippen molar-refractivity contribution in [3.8, 4) is 10.7 Å². The second-order valence-corrected chi connectivity index (χ2v) is 6.21. The van der Waals surface area contributed by atoms with Gasteiger partial charge in [-0.1, -0.05) is 0 Å². The third-order valence-corrected chi connectivity index (χ3v) is 4.97. The largest absolute Gasteiger partial charge is 0.481 e. The Hall–Kier alpha value is -1.80. The molecule has 0 unspecified atom stereocenters. The zero-order valence-corrected chi connectivity index (χ0v) is 12.5. The van der Waals surface area contributed by atoms with Gasteiger partial charge in [-0.3, -0.25) is 4.79 Å². The van der Waals surface area contributed by atoms with Gasteiger partial charge in [-0.15, -0.1) is 16.4 Å². The number of nitrogens with zero attached hydrogens (tertiary/aromatic N) is 4. The van der Waals surface area contributed by atoms with Gasteiger partial charge in [0, 0.05) is 13.2 Å². The van der Waals surface area contributed by atoms with Crippen molar-refractivity contribution in [3.63, 3.8) is 0 Å². The predicted molar refractivity (Wildman–Crippen MR) is 76.0 cm³/mol. The number of rotatable bonds is 4. The second-order valence-electron chi connectivity index (χ2n) is 5.29. The smallest absolute Gasteiger partial charge is 0.311 e. The minimum atomic E-state index is -0.854. The molecule has 0 aromatic carbocycles. The van der Waals surface area contributed by atoms with E-state index in [1.54, 1.807) is 16.0 Å². The summed E-state index contributed by atoms with van der Waals surface area (Å²) < 4.78 is 6.90. The third kappa shape index (κ3) is 2.56. The van der Waals surface area contributed by atoms with Gasteiger partial charge in [-0.2, -0.15) is 0 Å². The topological polar surface area (TPSA) is 90.1 Å². The zero-order chi connectivity index (χ0) is 14.9. The van der Waals surface area contributed by atoms with Crippen molar-refractivity contribution >= 4 is 17.3 Å². The fourth-order valence-electron chi connectivity index (χ4n) is 2.56. The monoisotopic (exact) mass is 308 g/mol. The van der Waals surface area contributed by atoms with E-state index < -0.39 is 11.4 Å². The summed E-state index contributed by atoms with van der Waals surface area (Å²) in [6, 6.07) is 2.00. The third-order valence-electron chi connectivity index (χ3n) is 3.95. The van der Waals surface area contributed by atoms with E-state index in [0.29, 0.717) is 31.9 Å². The van der Waals surface area contributed by atoms with E-state index in [9.17, 15) is 9.90 Å². The SMILES string of the molecule is Cc1ccsc1-c1nnnn1CC1(C(=O)O)CCOCC1. The summed E-state index contributed by atoms with van der Waals surface area (Å²) in [5.74, 6) is -0.176. The van der Waals surface area contributed by atoms with Crippen molar-refractivity contribution in [2.45, 2.75) is 26.3 Å². The van der Waals surface area contributed by atoms with Crippen molar-refractivity contribution in [1.82, 2.24) is 20.2 Å². The van der Waals surface area contributed by atoms with Crippen LogP contribution in [0.4, 0.5) is 0 Å². The number of hydrogen-bond donors (Lipinski definition) is 1. The molecule has 2 aromatic heterocycles. The summed E-state index contributed by atoms with van der Waals surface area (Å²) >= 11 is 1.56. The number of carboxylic acids is 1. The molecule has 112 valence electrons. The Labute approximate surface area is 125 Å². The number of aliphatic carboxylic acids is 1. The van der Waals surface area contributed by atoms with Crippen molar-refractivity contribution in [2.24, 2.45) is 5.41 Å². The Morgan fingerprint density at radius 1 is 1.52 bits per heavy atom. The number of thiophene rings is 1. The maximum absolute atomic E-state index is 11.7. The number of hydrogen-bond acceptors (Lipinski definition) is 6. The number of carbonyl (C=O) groups is 1. The average Bonchev–Trinajstić information content (AvgIpc) is 3.08. The van der Waals surface area contributed by atoms with E-state index in [4.69, 9.17) is 4.74 Å². The lowest BCUT2D eigenvalue weighted by molar-refractivity contribution is -0.156. The number of tetrazole rings is 1. The molecule has 0 amide bonds. The molecule has 0 saturated carbocycles. The Morgan fingerprint density at radius 2 is 2.29 bits per heavy atom. The summed E-state index contributed by atoms with van der Waals surface area (Å²) in [6.45, 7) is 3.18. The molecule has 0 radical (unpaired) electrons. The molecule has 3 heterocycles. The van der Waals surface area contributed by atoms with Crippen molar-refractivity contribution in [3.05, 3.63) is 17.0 Å². The Morgan fingerprint density at radius 3 is 2.90 bits per heavy atom. The Balaban J connectivity index is 1.93. The van der Waals surface area contributed by atoms with E-state index in [1.165, 1.54) is 0 Å². The highest BCUT2D eigenvalue weighted by Crippen LogP contribution is 2.34. The molecule has 1 aliphatic rings. The van der Waals surface area contributed by atoms with Gasteiger partial charge in [0.25, 0.3) is 0 Å². The van der Waals surface area contributed by atoms with Gasteiger partial charge in [0.1, 0.15) is 0 Å². The van der Waals surface area contributed by atoms with Crippen LogP contribution in [0.2, 0.25) is 0 Å². The molecular weight excluding hydrogens is 292 g/mol. The molecule has 3 rings (SSSR count). The maximum atomic E-state index is 11.7. The first kappa shape index (κ1) is 14.2. The highest BCUT2D eigenvalue weighted by atomic mass is 32.1. The molecule has 0 spiro atoms. The molecule has 1 N–H and O–H groups in total. The van der Waals surface area contributed by atoms with Crippen LogP contribution in [0.5, 0.6) is 0 Å². The molecule has 0 aliphatic carbocycles. The van der Waals surface area contributed by atoms with E-state index in [-0.39, 0.29) is 6.54 Å². The van der Waals surface area contributed by atoms with E-state index >= 15 is 0 Å². The van der Waals surface area contributed by atoms with Crippen LogP contribution in [0.15, 0.2) is 11.4 Å². The van der Waals surface area contributed by atoms with Crippen LogP contribution in [-0.2, 0) is 16.1 Å². The quantitative estimate of drug-likeness (QED) is 0.922. The number of ether oxygens (including phenoxy) is 1. The van der Waals surface area contributed by atoms with Gasteiger partial charge < -0.3 is 9.84 Å². The van der Waals surface area contributed by atoms with Crippen LogP contribution in [-0.4, -0.2) is 44.5 Å². The first-order chi connectivity index (χ1) is 10.1. The summed E-state index contributed by atoms with van der Waals surface area (Å²) in [7, 11) is 0. The maximum Gasteiger partial charge on any atom is 0.311 e. The van der Waals surface area contributed by atoms with Crippen LogP contribution < -0.4 is 0 Å². The predicted octanol–water partition coefficient (Wildman–Crippen LogP) is 1.59. The highest BCUT2D eigenvalue weighted by molar-refractivity contribution is 7.13. The molecule has 1 saturated heterocycles. The van der Waals surface area contributed by atoms with Gasteiger partial charge in [0.2, 0.25) is 0 Å². The molecule has 0 bridgehead atoms. The van der Waals surface area contributed by atoms with Gasteiger partial charge >= 0.3 is 5.97 Å². The summed E-state index contributed by atoms with van der Waals surface area (Å²) in [5.41, 5.74) is 0.237. The van der Waals surface area contributed by atoms with Gasteiger partial charge in [0.05, 0.1) is 16.8 Å². The molecule has 1 aliphatic heterocycles. The first-order valence-electron chi connectivity index (χ1n) is 6.74. The number of aromatic nitrogens is 4. The van der Waals surface area contributed by atoms with E-state index in [2.05, 4.69) is 15.5 Å². The number of carboxylic acid groups (broad SMARTS) is 1. The van der Waals surface area contributed by atoms with Crippen LogP contribution in [0.3, 0.4) is 0 Å². The standard InChI is InChI=1S/C13H16N4O3S/c1-9-2-7-21-10(9)11-14-15-16-17(11)8-13(12(18)19)3-5-20-6-4-13/h2,7H,3-6,8H2,1H3,(H,18,19). The molecule has 21 heavy (non-hydrogen) atoms. The minimum absolute atomic E-state index is 0.269. The fraction of sp³-hybridized carbons (Fsp3) is 0.538. The van der Waals surface area contributed by atoms with Gasteiger partial charge in [-0.05, 0) is 47.2 Å². The van der Waals surface area contributed by atoms with Crippen LogP contribution >= 0.6 is 11.3 Å².